The van der Waals surface area contributed by atoms with Crippen LogP contribution in [0.3, 0.4) is 0 Å². The van der Waals surface area contributed by atoms with E-state index in [0.29, 0.717) is 12.0 Å². The molecule has 0 unspecified atom stereocenters. The van der Waals surface area contributed by atoms with Crippen LogP contribution < -0.4 is 53.6 Å². The van der Waals surface area contributed by atoms with Crippen LogP contribution in [0, 0.1) is 17.8 Å². The maximum Gasteiger partial charge on any atom is 0.326 e. The number of carbonyl (C=O) groups excluding carboxylic acids is 10. The molecule has 0 radical (unpaired) electrons. The Morgan fingerprint density at radius 2 is 0.833 bits per heavy atom. The number of benzene rings is 1. The van der Waals surface area contributed by atoms with Crippen LogP contribution in [0.25, 0.3) is 0 Å². The van der Waals surface area contributed by atoms with E-state index in [2.05, 4.69) is 42.5 Å². The van der Waals surface area contributed by atoms with Gasteiger partial charge in [-0.05, 0) is 76.2 Å². The van der Waals surface area contributed by atoms with Gasteiger partial charge < -0.3 is 84.0 Å². The fraction of sp³-hybridized carbons (Fsp3) is 0.630. The van der Waals surface area contributed by atoms with Gasteiger partial charge in [0.2, 0.25) is 59.1 Å². The highest BCUT2D eigenvalue weighted by molar-refractivity contribution is 6.00. The number of carboxylic acids is 4. The molecular formula is C54H83N11O19. The van der Waals surface area contributed by atoms with E-state index >= 15 is 0 Å². The van der Waals surface area contributed by atoms with Crippen molar-refractivity contribution in [1.82, 2.24) is 52.8 Å². The van der Waals surface area contributed by atoms with E-state index in [4.69, 9.17) is 5.73 Å². The number of amides is 10. The van der Waals surface area contributed by atoms with Gasteiger partial charge in [-0.15, -0.1) is 0 Å². The molecule has 0 spiro atoms. The first kappa shape index (κ1) is 71.8. The van der Waals surface area contributed by atoms with Crippen molar-refractivity contribution in [2.24, 2.45) is 23.5 Å². The molecule has 0 aromatic heterocycles. The highest BCUT2D eigenvalue weighted by atomic mass is 16.4. The first-order chi connectivity index (χ1) is 39.1. The average molecular weight is 1190 g/mol. The third-order valence-electron chi connectivity index (χ3n) is 13.1. The zero-order chi connectivity index (χ0) is 63.9. The Balaban J connectivity index is 2.22. The second-order valence-corrected chi connectivity index (χ2v) is 22.1. The molecule has 16 N–H and O–H groups in total. The van der Waals surface area contributed by atoms with E-state index < -0.39 is 181 Å². The first-order valence-electron chi connectivity index (χ1n) is 27.5. The van der Waals surface area contributed by atoms with Crippen LogP contribution in [-0.4, -0.2) is 192 Å². The number of carbonyl (C=O) groups is 14. The van der Waals surface area contributed by atoms with Crippen molar-refractivity contribution in [1.29, 1.82) is 0 Å². The molecule has 1 aliphatic rings. The smallest absolute Gasteiger partial charge is 0.326 e. The summed E-state index contributed by atoms with van der Waals surface area (Å²) >= 11 is 0. The summed E-state index contributed by atoms with van der Waals surface area (Å²) < 4.78 is 0. The molecule has 1 aromatic carbocycles. The Morgan fingerprint density at radius 3 is 1.25 bits per heavy atom. The number of nitrogens with two attached hydrogens (primary N) is 1. The molecule has 1 saturated heterocycles. The number of nitrogens with zero attached hydrogens (tertiary/aromatic N) is 1. The molecule has 0 bridgehead atoms. The molecule has 10 amide bonds. The van der Waals surface area contributed by atoms with E-state index in [9.17, 15) is 92.7 Å². The van der Waals surface area contributed by atoms with E-state index in [1.54, 1.807) is 44.2 Å². The Bertz CT molecular complexity index is 2530. The maximum atomic E-state index is 14.1. The van der Waals surface area contributed by atoms with Crippen molar-refractivity contribution in [2.45, 2.75) is 193 Å². The fourth-order valence-corrected chi connectivity index (χ4v) is 8.73. The number of hydrogen-bond donors (Lipinski definition) is 15. The molecule has 1 aliphatic heterocycles. The van der Waals surface area contributed by atoms with Crippen LogP contribution in [0.15, 0.2) is 30.3 Å². The van der Waals surface area contributed by atoms with Crippen LogP contribution >= 0.6 is 0 Å². The molecule has 2 rings (SSSR count). The van der Waals surface area contributed by atoms with Gasteiger partial charge in [-0.3, -0.25) is 62.3 Å². The van der Waals surface area contributed by atoms with Crippen molar-refractivity contribution in [2.75, 3.05) is 6.54 Å². The van der Waals surface area contributed by atoms with Crippen LogP contribution in [0.2, 0.25) is 0 Å². The summed E-state index contributed by atoms with van der Waals surface area (Å²) in [6.45, 7) is 14.3. The van der Waals surface area contributed by atoms with Gasteiger partial charge >= 0.3 is 23.9 Å². The largest absolute Gasteiger partial charge is 0.481 e. The monoisotopic (exact) mass is 1190 g/mol. The van der Waals surface area contributed by atoms with E-state index in [1.165, 1.54) is 25.7 Å². The number of nitrogens with one attached hydrogen (secondary N) is 9. The quantitative estimate of drug-likeness (QED) is 0.0322. The Morgan fingerprint density at radius 1 is 0.476 bits per heavy atom. The van der Waals surface area contributed by atoms with Gasteiger partial charge in [-0.2, -0.15) is 0 Å². The summed E-state index contributed by atoms with van der Waals surface area (Å²) in [6.07, 6.45) is -4.23. The van der Waals surface area contributed by atoms with Crippen molar-refractivity contribution in [3.05, 3.63) is 35.9 Å². The zero-order valence-corrected chi connectivity index (χ0v) is 48.6. The number of rotatable bonds is 35. The topological polar surface area (TPSA) is 478 Å². The number of aliphatic hydroxyl groups excluding tert-OH is 1. The Hall–Kier alpha value is -8.28. The lowest BCUT2D eigenvalue weighted by molar-refractivity contribution is -0.145. The van der Waals surface area contributed by atoms with Gasteiger partial charge in [0.15, 0.2) is 0 Å². The molecule has 1 fully saturated rings. The predicted molar refractivity (Wildman–Crippen MR) is 296 cm³/mol. The fourth-order valence-electron chi connectivity index (χ4n) is 8.73. The third kappa shape index (κ3) is 24.7. The standard InChI is InChI=1S/C54H83N11O19/c1-25(2)18-32(46(75)60-35(23-41(69)70)49(78)61-36(24-42(71)72)50(79)64-38(54(83)84)21-31-14-11-10-12-15-31)59-48(77)34(22-40(67)68)58-45(74)29(8)56-44(73)28(7)57-51(80)39-16-13-17-65(39)53(82)37(20-27(5)6)63-47(76)33(19-26(3)4)62-52(81)43(55)30(9)66/h10-12,14-15,25-30,32-39,43,66H,13,16-24,55H2,1-9H3,(H,56,73)(H,57,80)(H,58,74)(H,59,77)(H,60,75)(H,61,78)(H,62,81)(H,63,76)(H,64,79)(H,67,68)(H,69,70)(H,71,72)(H,83,84)/t28-,29-,30+,32-,33-,34-,35-,36-,37-,38-,39-,43-/m0/s1. The SMILES string of the molecule is CC(C)C[C@H](NC(=O)[C@H](CC(=O)O)NC(=O)[C@H](C)NC(=O)[C@H](C)NC(=O)[C@@H]1CCCN1C(=O)[C@H](CC(C)C)NC(=O)[C@H](CC(C)C)NC(=O)[C@@H](N)[C@@H](C)O)C(=O)N[C@@H](CC(=O)O)C(=O)N[C@@H](CC(=O)O)C(=O)N[C@@H](Cc1ccccc1)C(=O)O. The van der Waals surface area contributed by atoms with E-state index in [-0.39, 0.29) is 50.5 Å². The highest BCUT2D eigenvalue weighted by Crippen LogP contribution is 2.21. The summed E-state index contributed by atoms with van der Waals surface area (Å²) in [6, 6.07) is -8.85. The van der Waals surface area contributed by atoms with Gasteiger partial charge in [0.1, 0.15) is 66.5 Å². The van der Waals surface area contributed by atoms with Crippen LogP contribution in [0.4, 0.5) is 0 Å². The molecule has 84 heavy (non-hydrogen) atoms. The minimum atomic E-state index is -2.06. The lowest BCUT2D eigenvalue weighted by Gasteiger charge is -2.31. The molecule has 12 atom stereocenters. The second-order valence-electron chi connectivity index (χ2n) is 22.1. The zero-order valence-electron chi connectivity index (χ0n) is 48.6. The minimum absolute atomic E-state index is 0.0955. The predicted octanol–water partition coefficient (Wildman–Crippen LogP) is -3.02. The minimum Gasteiger partial charge on any atom is -0.481 e. The normalized spacial score (nSPS) is 17.0. The third-order valence-corrected chi connectivity index (χ3v) is 13.1. The van der Waals surface area contributed by atoms with Crippen molar-refractivity contribution in [3.63, 3.8) is 0 Å². The second kappa shape index (κ2) is 34.4. The molecular weight excluding hydrogens is 1110 g/mol. The summed E-state index contributed by atoms with van der Waals surface area (Å²) in [7, 11) is 0. The van der Waals surface area contributed by atoms with Gasteiger partial charge in [-0.25, -0.2) is 4.79 Å². The Kier molecular flexibility index (Phi) is 29.4. The lowest BCUT2D eigenvalue weighted by atomic mass is 9.99. The van der Waals surface area contributed by atoms with Crippen molar-refractivity contribution in [3.8, 4) is 0 Å². The molecule has 1 heterocycles. The van der Waals surface area contributed by atoms with Gasteiger partial charge in [0.05, 0.1) is 25.4 Å². The molecule has 0 saturated carbocycles. The summed E-state index contributed by atoms with van der Waals surface area (Å²) in [5, 5.41) is 69.5. The summed E-state index contributed by atoms with van der Waals surface area (Å²) in [5.74, 6) is -17.1. The van der Waals surface area contributed by atoms with Crippen molar-refractivity contribution >= 4 is 82.9 Å². The molecule has 1 aromatic rings. The number of likely N-dealkylation sites (tertiary alicyclic amines) is 1. The highest BCUT2D eigenvalue weighted by Gasteiger charge is 2.41. The van der Waals surface area contributed by atoms with Gasteiger partial charge in [0, 0.05) is 13.0 Å². The summed E-state index contributed by atoms with van der Waals surface area (Å²) in [4.78, 5) is 185. The van der Waals surface area contributed by atoms with E-state index in [0.717, 1.165) is 0 Å². The molecule has 0 aliphatic carbocycles. The molecule has 30 heteroatoms. The average Bonchev–Trinajstić information content (AvgIpc) is 4.13. The van der Waals surface area contributed by atoms with Crippen LogP contribution in [0.1, 0.15) is 119 Å². The maximum absolute atomic E-state index is 14.1. The van der Waals surface area contributed by atoms with Crippen molar-refractivity contribution < 1.29 is 92.7 Å². The Labute approximate surface area is 485 Å². The van der Waals surface area contributed by atoms with E-state index in [1.807, 2.05) is 33.0 Å². The van der Waals surface area contributed by atoms with Gasteiger partial charge in [0.25, 0.3) is 0 Å². The van der Waals surface area contributed by atoms with Crippen LogP contribution in [0.5, 0.6) is 0 Å². The number of hydrogen-bond acceptors (Lipinski definition) is 16. The number of aliphatic carboxylic acids is 4. The number of aliphatic hydroxyl groups is 1. The first-order valence-corrected chi connectivity index (χ1v) is 27.5. The molecule has 30 nitrogen and oxygen atoms in total. The van der Waals surface area contributed by atoms with Crippen LogP contribution in [-0.2, 0) is 73.5 Å². The molecule has 468 valence electrons. The van der Waals surface area contributed by atoms with Gasteiger partial charge in [-0.1, -0.05) is 71.9 Å². The number of carboxylic acid groups (broad SMARTS) is 4. The summed E-state index contributed by atoms with van der Waals surface area (Å²) in [5.41, 5.74) is 6.27. The lowest BCUT2D eigenvalue weighted by Crippen LogP contribution is -2.60.